The first kappa shape index (κ1) is 18.8. The topological polar surface area (TPSA) is 46.9 Å². The highest BCUT2D eigenvalue weighted by Gasteiger charge is 2.12. The number of hydrogen-bond donors (Lipinski definition) is 1. The minimum atomic E-state index is -0.0221. The molecule has 5 nitrogen and oxygen atoms in total. The molecule has 2 heterocycles. The van der Waals surface area contributed by atoms with Gasteiger partial charge in [0.25, 0.3) is 0 Å². The van der Waals surface area contributed by atoms with E-state index in [9.17, 15) is 5.11 Å². The van der Waals surface area contributed by atoms with Crippen LogP contribution in [0.4, 0.5) is 0 Å². The average Bonchev–Trinajstić information content (AvgIpc) is 3.38. The van der Waals surface area contributed by atoms with Crippen LogP contribution in [0.25, 0.3) is 16.6 Å². The van der Waals surface area contributed by atoms with E-state index in [1.54, 1.807) is 7.11 Å². The van der Waals surface area contributed by atoms with Crippen LogP contribution in [0.1, 0.15) is 25.0 Å². The standard InChI is InChI=1S/C23H28N2O3/c1-27-22-9-10-23-18(16-22)15-20(17-26)25(23)19-5-7-21(8-6-19)28-14-4-13-24-11-2-3-12-24/h5-10,15-16,26H,2-4,11-14,17H2,1H3. The fourth-order valence-corrected chi connectivity index (χ4v) is 3.97. The Kier molecular flexibility index (Phi) is 5.84. The maximum absolute atomic E-state index is 9.81. The predicted molar refractivity (Wildman–Crippen MR) is 112 cm³/mol. The van der Waals surface area contributed by atoms with Crippen LogP contribution in [0.3, 0.4) is 0 Å². The smallest absolute Gasteiger partial charge is 0.119 e. The summed E-state index contributed by atoms with van der Waals surface area (Å²) in [7, 11) is 1.66. The Bertz CT molecular complexity index is 911. The molecule has 3 aromatic rings. The van der Waals surface area contributed by atoms with Crippen molar-refractivity contribution in [3.63, 3.8) is 0 Å². The van der Waals surface area contributed by atoms with Gasteiger partial charge in [-0.25, -0.2) is 0 Å². The zero-order chi connectivity index (χ0) is 19.3. The highest BCUT2D eigenvalue weighted by molar-refractivity contribution is 5.84. The first-order valence-corrected chi connectivity index (χ1v) is 10.0. The molecular formula is C23H28N2O3. The maximum Gasteiger partial charge on any atom is 0.119 e. The molecular weight excluding hydrogens is 352 g/mol. The molecule has 1 aliphatic heterocycles. The Labute approximate surface area is 166 Å². The number of aliphatic hydroxyl groups excluding tert-OH is 1. The molecule has 0 unspecified atom stereocenters. The molecule has 0 bridgehead atoms. The lowest BCUT2D eigenvalue weighted by atomic mass is 10.2. The number of hydrogen-bond acceptors (Lipinski definition) is 4. The van der Waals surface area contributed by atoms with Crippen molar-refractivity contribution in [2.24, 2.45) is 0 Å². The quantitative estimate of drug-likeness (QED) is 0.600. The number of benzene rings is 2. The predicted octanol–water partition coefficient (Wildman–Crippen LogP) is 4.00. The van der Waals surface area contributed by atoms with Gasteiger partial charge >= 0.3 is 0 Å². The summed E-state index contributed by atoms with van der Waals surface area (Å²) in [6.45, 7) is 4.31. The first-order chi connectivity index (χ1) is 13.8. The van der Waals surface area contributed by atoms with Crippen molar-refractivity contribution in [1.82, 2.24) is 9.47 Å². The van der Waals surface area contributed by atoms with Gasteiger partial charge in [-0.2, -0.15) is 0 Å². The number of aliphatic hydroxyl groups is 1. The van der Waals surface area contributed by atoms with Crippen LogP contribution in [-0.4, -0.2) is 47.9 Å². The molecule has 0 amide bonds. The average molecular weight is 380 g/mol. The van der Waals surface area contributed by atoms with E-state index >= 15 is 0 Å². The van der Waals surface area contributed by atoms with E-state index in [0.717, 1.165) is 53.4 Å². The van der Waals surface area contributed by atoms with Gasteiger partial charge in [0, 0.05) is 23.3 Å². The van der Waals surface area contributed by atoms with Crippen molar-refractivity contribution in [3.8, 4) is 17.2 Å². The summed E-state index contributed by atoms with van der Waals surface area (Å²) in [6.07, 6.45) is 3.72. The van der Waals surface area contributed by atoms with Crippen molar-refractivity contribution in [2.75, 3.05) is 33.4 Å². The monoisotopic (exact) mass is 380 g/mol. The zero-order valence-corrected chi connectivity index (χ0v) is 16.4. The van der Waals surface area contributed by atoms with Gasteiger partial charge in [0.15, 0.2) is 0 Å². The highest BCUT2D eigenvalue weighted by Crippen LogP contribution is 2.28. The molecule has 2 aromatic carbocycles. The van der Waals surface area contributed by atoms with Crippen LogP contribution < -0.4 is 9.47 Å². The third-order valence-electron chi connectivity index (χ3n) is 5.43. The number of rotatable bonds is 8. The molecule has 0 spiro atoms. The summed E-state index contributed by atoms with van der Waals surface area (Å²) >= 11 is 0. The van der Waals surface area contributed by atoms with Crippen LogP contribution in [0.5, 0.6) is 11.5 Å². The van der Waals surface area contributed by atoms with Gasteiger partial charge < -0.3 is 24.0 Å². The van der Waals surface area contributed by atoms with Crippen LogP contribution in [0, 0.1) is 0 Å². The summed E-state index contributed by atoms with van der Waals surface area (Å²) in [4.78, 5) is 2.51. The van der Waals surface area contributed by atoms with Crippen LogP contribution >= 0.6 is 0 Å². The van der Waals surface area contributed by atoms with Gasteiger partial charge in [-0.3, -0.25) is 0 Å². The van der Waals surface area contributed by atoms with Gasteiger partial charge in [0.2, 0.25) is 0 Å². The second-order valence-corrected chi connectivity index (χ2v) is 7.30. The van der Waals surface area contributed by atoms with Crippen LogP contribution in [0.2, 0.25) is 0 Å². The Balaban J connectivity index is 1.45. The van der Waals surface area contributed by atoms with E-state index in [0.29, 0.717) is 0 Å². The number of fused-ring (bicyclic) bond motifs is 1. The Morgan fingerprint density at radius 1 is 0.964 bits per heavy atom. The van der Waals surface area contributed by atoms with Crippen molar-refractivity contribution >= 4 is 10.9 Å². The third kappa shape index (κ3) is 4.01. The van der Waals surface area contributed by atoms with E-state index < -0.39 is 0 Å². The maximum atomic E-state index is 9.81. The third-order valence-corrected chi connectivity index (χ3v) is 5.43. The number of ether oxygens (including phenoxy) is 2. The molecule has 0 atom stereocenters. The Morgan fingerprint density at radius 2 is 1.71 bits per heavy atom. The number of methoxy groups -OCH3 is 1. The van der Waals surface area contributed by atoms with Gasteiger partial charge in [-0.15, -0.1) is 0 Å². The lowest BCUT2D eigenvalue weighted by molar-refractivity contribution is 0.263. The van der Waals surface area contributed by atoms with Crippen molar-refractivity contribution in [3.05, 3.63) is 54.2 Å². The summed E-state index contributed by atoms with van der Waals surface area (Å²) in [5, 5.41) is 10.9. The Morgan fingerprint density at radius 3 is 2.43 bits per heavy atom. The van der Waals surface area contributed by atoms with E-state index in [2.05, 4.69) is 9.47 Å². The van der Waals surface area contributed by atoms with Crippen LogP contribution in [0.15, 0.2) is 48.5 Å². The molecule has 148 valence electrons. The zero-order valence-electron chi connectivity index (χ0n) is 16.4. The Hall–Kier alpha value is -2.50. The van der Waals surface area contributed by atoms with E-state index in [1.165, 1.54) is 25.9 Å². The largest absolute Gasteiger partial charge is 0.497 e. The van der Waals surface area contributed by atoms with Crippen LogP contribution in [-0.2, 0) is 6.61 Å². The molecule has 0 aliphatic carbocycles. The summed E-state index contributed by atoms with van der Waals surface area (Å²) in [6, 6.07) is 16.0. The number of aromatic nitrogens is 1. The van der Waals surface area contributed by atoms with Gasteiger partial charge in [0.1, 0.15) is 11.5 Å². The number of likely N-dealkylation sites (tertiary alicyclic amines) is 1. The van der Waals surface area contributed by atoms with E-state index in [-0.39, 0.29) is 6.61 Å². The molecule has 1 aromatic heterocycles. The van der Waals surface area contributed by atoms with Crippen molar-refractivity contribution < 1.29 is 14.6 Å². The van der Waals surface area contributed by atoms with E-state index in [1.807, 2.05) is 48.5 Å². The normalized spacial score (nSPS) is 14.6. The molecule has 0 saturated carbocycles. The van der Waals surface area contributed by atoms with Gasteiger partial charge in [-0.1, -0.05) is 0 Å². The fourth-order valence-electron chi connectivity index (χ4n) is 3.97. The minimum absolute atomic E-state index is 0.0221. The van der Waals surface area contributed by atoms with E-state index in [4.69, 9.17) is 9.47 Å². The first-order valence-electron chi connectivity index (χ1n) is 10.0. The molecule has 1 saturated heterocycles. The summed E-state index contributed by atoms with van der Waals surface area (Å²) < 4.78 is 13.3. The molecule has 0 radical (unpaired) electrons. The molecule has 28 heavy (non-hydrogen) atoms. The highest BCUT2D eigenvalue weighted by atomic mass is 16.5. The lowest BCUT2D eigenvalue weighted by Gasteiger charge is -2.15. The molecule has 5 heteroatoms. The number of nitrogens with zero attached hydrogens (tertiary/aromatic N) is 2. The van der Waals surface area contributed by atoms with Gasteiger partial charge in [-0.05, 0) is 80.9 Å². The minimum Gasteiger partial charge on any atom is -0.497 e. The second-order valence-electron chi connectivity index (χ2n) is 7.30. The molecule has 1 N–H and O–H groups in total. The summed E-state index contributed by atoms with van der Waals surface area (Å²) in [5.41, 5.74) is 2.90. The lowest BCUT2D eigenvalue weighted by Crippen LogP contribution is -2.21. The van der Waals surface area contributed by atoms with Crippen molar-refractivity contribution in [1.29, 1.82) is 0 Å². The second kappa shape index (κ2) is 8.67. The molecule has 4 rings (SSSR count). The van der Waals surface area contributed by atoms with Crippen molar-refractivity contribution in [2.45, 2.75) is 25.9 Å². The fraction of sp³-hybridized carbons (Fsp3) is 0.391. The van der Waals surface area contributed by atoms with Gasteiger partial charge in [0.05, 0.1) is 25.8 Å². The molecule has 1 fully saturated rings. The SMILES string of the molecule is COc1ccc2c(c1)cc(CO)n2-c1ccc(OCCCN2CCCC2)cc1. The molecule has 1 aliphatic rings. The summed E-state index contributed by atoms with van der Waals surface area (Å²) in [5.74, 6) is 1.70.